The highest BCUT2D eigenvalue weighted by Gasteiger charge is 2.17. The number of fused-ring (bicyclic) bond motifs is 1. The molecule has 0 saturated carbocycles. The second kappa shape index (κ2) is 8.54. The molecule has 4 aromatic rings. The molecule has 0 aliphatic heterocycles. The molecule has 2 heterocycles. The molecule has 9 heteroatoms. The summed E-state index contributed by atoms with van der Waals surface area (Å²) >= 11 is 0. The summed E-state index contributed by atoms with van der Waals surface area (Å²) in [6.07, 6.45) is 2.69. The SMILES string of the molecule is Cc1ccc(NC(=O)Cn2c(=O)n(Cc3ccc(F)cc3)c(=O)c3nccnc32)cc1C. The number of anilines is 1. The zero-order chi connectivity index (χ0) is 22.8. The summed E-state index contributed by atoms with van der Waals surface area (Å²) in [6, 6.07) is 11.0. The van der Waals surface area contributed by atoms with Gasteiger partial charge in [0.1, 0.15) is 12.4 Å². The molecule has 4 rings (SSSR count). The summed E-state index contributed by atoms with van der Waals surface area (Å²) in [7, 11) is 0. The van der Waals surface area contributed by atoms with Crippen molar-refractivity contribution >= 4 is 22.8 Å². The van der Waals surface area contributed by atoms with E-state index in [2.05, 4.69) is 15.3 Å². The molecule has 0 saturated heterocycles. The number of carbonyl (C=O) groups is 1. The highest BCUT2D eigenvalue weighted by atomic mass is 19.1. The van der Waals surface area contributed by atoms with E-state index < -0.39 is 23.0 Å². The topological polar surface area (TPSA) is 98.9 Å². The molecule has 0 fully saturated rings. The number of nitrogens with one attached hydrogen (secondary N) is 1. The number of hydrogen-bond acceptors (Lipinski definition) is 5. The number of hydrogen-bond donors (Lipinski definition) is 1. The lowest BCUT2D eigenvalue weighted by Crippen LogP contribution is -2.42. The third-order valence-corrected chi connectivity index (χ3v) is 5.19. The Labute approximate surface area is 182 Å². The van der Waals surface area contributed by atoms with Crippen molar-refractivity contribution in [2.45, 2.75) is 26.9 Å². The largest absolute Gasteiger partial charge is 0.333 e. The van der Waals surface area contributed by atoms with Crippen molar-refractivity contribution in [3.8, 4) is 0 Å². The normalized spacial score (nSPS) is 11.0. The van der Waals surface area contributed by atoms with Crippen LogP contribution in [0.15, 0.2) is 64.4 Å². The Morgan fingerprint density at radius 3 is 2.41 bits per heavy atom. The van der Waals surface area contributed by atoms with Crippen molar-refractivity contribution in [3.05, 3.63) is 98.2 Å². The quantitative estimate of drug-likeness (QED) is 0.521. The number of aromatic nitrogens is 4. The maximum absolute atomic E-state index is 13.2. The molecule has 32 heavy (non-hydrogen) atoms. The molecule has 8 nitrogen and oxygen atoms in total. The van der Waals surface area contributed by atoms with Crippen LogP contribution in [-0.4, -0.2) is 25.0 Å². The molecular weight excluding hydrogens is 413 g/mol. The van der Waals surface area contributed by atoms with Gasteiger partial charge in [-0.1, -0.05) is 18.2 Å². The second-order valence-corrected chi connectivity index (χ2v) is 7.46. The van der Waals surface area contributed by atoms with Crippen LogP contribution in [0.5, 0.6) is 0 Å². The number of nitrogens with zero attached hydrogens (tertiary/aromatic N) is 4. The maximum atomic E-state index is 13.2. The average Bonchev–Trinajstić information content (AvgIpc) is 2.78. The van der Waals surface area contributed by atoms with Crippen molar-refractivity contribution < 1.29 is 9.18 Å². The first kappa shape index (κ1) is 21.1. The van der Waals surface area contributed by atoms with Crippen molar-refractivity contribution in [3.63, 3.8) is 0 Å². The van der Waals surface area contributed by atoms with E-state index in [1.807, 2.05) is 26.0 Å². The summed E-state index contributed by atoms with van der Waals surface area (Å²) in [6.45, 7) is 3.45. The molecule has 0 bridgehead atoms. The Kier molecular flexibility index (Phi) is 5.63. The minimum absolute atomic E-state index is 0.0214. The predicted molar refractivity (Wildman–Crippen MR) is 118 cm³/mol. The van der Waals surface area contributed by atoms with Gasteiger partial charge >= 0.3 is 5.69 Å². The molecule has 1 N–H and O–H groups in total. The van der Waals surface area contributed by atoms with Gasteiger partial charge in [-0.25, -0.2) is 19.2 Å². The maximum Gasteiger partial charge on any atom is 0.333 e. The summed E-state index contributed by atoms with van der Waals surface area (Å²) in [5.74, 6) is -0.875. The lowest BCUT2D eigenvalue weighted by atomic mass is 10.1. The molecular formula is C23H20FN5O3. The Morgan fingerprint density at radius 2 is 1.69 bits per heavy atom. The first-order chi connectivity index (χ1) is 15.3. The Balaban J connectivity index is 1.73. The number of aryl methyl sites for hydroxylation is 2. The van der Waals surface area contributed by atoms with Gasteiger partial charge in [-0.2, -0.15) is 0 Å². The van der Waals surface area contributed by atoms with E-state index in [-0.39, 0.29) is 24.3 Å². The van der Waals surface area contributed by atoms with Crippen molar-refractivity contribution in [2.75, 3.05) is 5.32 Å². The van der Waals surface area contributed by atoms with Crippen LogP contribution in [0.2, 0.25) is 0 Å². The Hall–Kier alpha value is -4.14. The van der Waals surface area contributed by atoms with Gasteiger partial charge in [0.2, 0.25) is 5.91 Å². The van der Waals surface area contributed by atoms with Gasteiger partial charge in [-0.05, 0) is 54.8 Å². The number of rotatable bonds is 5. The van der Waals surface area contributed by atoms with E-state index in [9.17, 15) is 18.8 Å². The van der Waals surface area contributed by atoms with Crippen LogP contribution in [0.3, 0.4) is 0 Å². The van der Waals surface area contributed by atoms with Gasteiger partial charge in [0.15, 0.2) is 11.2 Å². The van der Waals surface area contributed by atoms with E-state index in [1.54, 1.807) is 6.07 Å². The molecule has 2 aromatic heterocycles. The fourth-order valence-corrected chi connectivity index (χ4v) is 3.35. The minimum Gasteiger partial charge on any atom is -0.325 e. The van der Waals surface area contributed by atoms with E-state index in [0.717, 1.165) is 20.3 Å². The number of carbonyl (C=O) groups excluding carboxylic acids is 1. The summed E-state index contributed by atoms with van der Waals surface area (Å²) in [5, 5.41) is 2.76. The van der Waals surface area contributed by atoms with Gasteiger partial charge in [0.25, 0.3) is 5.56 Å². The van der Waals surface area contributed by atoms with Crippen LogP contribution in [0.4, 0.5) is 10.1 Å². The number of benzene rings is 2. The Morgan fingerprint density at radius 1 is 0.969 bits per heavy atom. The van der Waals surface area contributed by atoms with Gasteiger partial charge in [0, 0.05) is 18.1 Å². The van der Waals surface area contributed by atoms with Gasteiger partial charge in [-0.15, -0.1) is 0 Å². The lowest BCUT2D eigenvalue weighted by molar-refractivity contribution is -0.116. The Bertz CT molecular complexity index is 1440. The van der Waals surface area contributed by atoms with Gasteiger partial charge < -0.3 is 5.32 Å². The number of amides is 1. The van der Waals surface area contributed by atoms with Crippen LogP contribution >= 0.6 is 0 Å². The molecule has 0 aliphatic carbocycles. The minimum atomic E-state index is -0.706. The number of halogens is 1. The molecule has 1 amide bonds. The molecule has 2 aromatic carbocycles. The fraction of sp³-hybridized carbons (Fsp3) is 0.174. The van der Waals surface area contributed by atoms with E-state index in [4.69, 9.17) is 0 Å². The third kappa shape index (κ3) is 4.18. The molecule has 0 aliphatic rings. The highest BCUT2D eigenvalue weighted by Crippen LogP contribution is 2.14. The first-order valence-electron chi connectivity index (χ1n) is 9.89. The van der Waals surface area contributed by atoms with Crippen LogP contribution in [0.25, 0.3) is 11.2 Å². The van der Waals surface area contributed by atoms with Crippen molar-refractivity contribution in [1.82, 2.24) is 19.1 Å². The zero-order valence-electron chi connectivity index (χ0n) is 17.5. The summed E-state index contributed by atoms with van der Waals surface area (Å²) in [5.41, 5.74) is 1.91. The summed E-state index contributed by atoms with van der Waals surface area (Å²) in [4.78, 5) is 46.9. The molecule has 0 spiro atoms. The van der Waals surface area contributed by atoms with Crippen molar-refractivity contribution in [2.24, 2.45) is 0 Å². The average molecular weight is 433 g/mol. The van der Waals surface area contributed by atoms with E-state index in [0.29, 0.717) is 11.3 Å². The van der Waals surface area contributed by atoms with E-state index >= 15 is 0 Å². The fourth-order valence-electron chi connectivity index (χ4n) is 3.35. The highest BCUT2D eigenvalue weighted by molar-refractivity contribution is 5.91. The molecule has 0 radical (unpaired) electrons. The van der Waals surface area contributed by atoms with Crippen LogP contribution in [-0.2, 0) is 17.9 Å². The van der Waals surface area contributed by atoms with Crippen LogP contribution < -0.4 is 16.6 Å². The van der Waals surface area contributed by atoms with E-state index in [1.165, 1.54) is 36.7 Å². The monoisotopic (exact) mass is 433 g/mol. The second-order valence-electron chi connectivity index (χ2n) is 7.46. The first-order valence-corrected chi connectivity index (χ1v) is 9.89. The molecule has 0 atom stereocenters. The molecule has 0 unspecified atom stereocenters. The zero-order valence-corrected chi connectivity index (χ0v) is 17.5. The predicted octanol–water partition coefficient (Wildman–Crippen LogP) is 2.40. The van der Waals surface area contributed by atoms with Crippen LogP contribution in [0, 0.1) is 19.7 Å². The van der Waals surface area contributed by atoms with Gasteiger partial charge in [-0.3, -0.25) is 18.7 Å². The summed E-state index contributed by atoms with van der Waals surface area (Å²) < 4.78 is 15.3. The van der Waals surface area contributed by atoms with Crippen LogP contribution in [0.1, 0.15) is 16.7 Å². The van der Waals surface area contributed by atoms with Gasteiger partial charge in [0.05, 0.1) is 6.54 Å². The lowest BCUT2D eigenvalue weighted by Gasteiger charge is -2.13. The van der Waals surface area contributed by atoms with Crippen molar-refractivity contribution in [1.29, 1.82) is 0 Å². The molecule has 162 valence electrons. The smallest absolute Gasteiger partial charge is 0.325 e. The standard InChI is InChI=1S/C23H20FN5O3/c1-14-3-8-18(11-15(14)2)27-19(30)13-28-21-20(25-9-10-26-21)22(31)29(23(28)32)12-16-4-6-17(24)7-5-16/h3-11H,12-13H2,1-2H3,(H,27,30). The third-order valence-electron chi connectivity index (χ3n) is 5.19.